The highest BCUT2D eigenvalue weighted by atomic mass is 16.4. The molecule has 1 aliphatic rings. The maximum Gasteiger partial charge on any atom is 0.308 e. The topological polar surface area (TPSA) is 88.3 Å². The van der Waals surface area contributed by atoms with Gasteiger partial charge in [0.15, 0.2) is 5.82 Å². The zero-order valence-electron chi connectivity index (χ0n) is 11.2. The van der Waals surface area contributed by atoms with Gasteiger partial charge in [0.2, 0.25) is 5.91 Å². The van der Waals surface area contributed by atoms with Crippen molar-refractivity contribution in [2.24, 2.45) is 5.92 Å². The van der Waals surface area contributed by atoms with Crippen LogP contribution in [0.1, 0.15) is 12.2 Å². The molecule has 1 aromatic heterocycles. The van der Waals surface area contributed by atoms with Crippen LogP contribution in [0.2, 0.25) is 0 Å². The smallest absolute Gasteiger partial charge is 0.308 e. The summed E-state index contributed by atoms with van der Waals surface area (Å²) in [6, 6.07) is 9.52. The Labute approximate surface area is 120 Å². The number of amides is 1. The van der Waals surface area contributed by atoms with E-state index in [4.69, 9.17) is 5.11 Å². The van der Waals surface area contributed by atoms with Crippen LogP contribution in [0.15, 0.2) is 36.7 Å². The first kappa shape index (κ1) is 13.3. The van der Waals surface area contributed by atoms with Crippen LogP contribution in [0, 0.1) is 5.92 Å². The summed E-state index contributed by atoms with van der Waals surface area (Å²) in [7, 11) is 0. The highest BCUT2D eigenvalue weighted by Gasteiger charge is 2.34. The Balaban J connectivity index is 1.71. The molecule has 2 heterocycles. The summed E-state index contributed by atoms with van der Waals surface area (Å²) in [4.78, 5) is 28.4. The Morgan fingerprint density at radius 2 is 2.10 bits per heavy atom. The average molecular weight is 286 g/mol. The summed E-state index contributed by atoms with van der Waals surface area (Å²) < 4.78 is 1.63. The van der Waals surface area contributed by atoms with Gasteiger partial charge < -0.3 is 10.0 Å². The van der Waals surface area contributed by atoms with E-state index >= 15 is 0 Å². The maximum absolute atomic E-state index is 11.8. The van der Waals surface area contributed by atoms with Gasteiger partial charge in [0.05, 0.1) is 18.2 Å². The molecule has 0 spiro atoms. The molecule has 1 aliphatic heterocycles. The standard InChI is InChI=1S/C14H14N4O3/c19-13-6-10(14(20)21)7-17(13)8-12-15-9-18(16-12)11-4-2-1-3-5-11/h1-5,9-10H,6-8H2,(H,20,21). The van der Waals surface area contributed by atoms with Gasteiger partial charge in [0.1, 0.15) is 6.33 Å². The summed E-state index contributed by atoms with van der Waals surface area (Å²) in [5.41, 5.74) is 0.882. The molecule has 0 radical (unpaired) electrons. The van der Waals surface area contributed by atoms with Crippen molar-refractivity contribution in [2.75, 3.05) is 6.54 Å². The first-order valence-electron chi connectivity index (χ1n) is 6.60. The third kappa shape index (κ3) is 2.76. The van der Waals surface area contributed by atoms with E-state index in [9.17, 15) is 9.59 Å². The van der Waals surface area contributed by atoms with Crippen LogP contribution in [0.25, 0.3) is 5.69 Å². The number of aromatic nitrogens is 3. The number of carboxylic acids is 1. The Kier molecular flexibility index (Phi) is 3.39. The van der Waals surface area contributed by atoms with Crippen LogP contribution >= 0.6 is 0 Å². The summed E-state index contributed by atoms with van der Waals surface area (Å²) in [6.07, 6.45) is 1.63. The van der Waals surface area contributed by atoms with Crippen molar-refractivity contribution in [3.05, 3.63) is 42.5 Å². The van der Waals surface area contributed by atoms with Gasteiger partial charge in [-0.3, -0.25) is 9.59 Å². The second kappa shape index (κ2) is 5.35. The average Bonchev–Trinajstić information content (AvgIpc) is 3.08. The van der Waals surface area contributed by atoms with Gasteiger partial charge >= 0.3 is 5.97 Å². The first-order chi connectivity index (χ1) is 10.1. The second-order valence-corrected chi connectivity index (χ2v) is 4.95. The van der Waals surface area contributed by atoms with E-state index in [1.54, 1.807) is 11.0 Å². The zero-order valence-corrected chi connectivity index (χ0v) is 11.2. The number of benzene rings is 1. The minimum atomic E-state index is -0.936. The fourth-order valence-corrected chi connectivity index (χ4v) is 2.34. The van der Waals surface area contributed by atoms with Gasteiger partial charge in [0.25, 0.3) is 0 Å². The van der Waals surface area contributed by atoms with Crippen molar-refractivity contribution in [2.45, 2.75) is 13.0 Å². The summed E-state index contributed by atoms with van der Waals surface area (Å²) in [5, 5.41) is 13.3. The lowest BCUT2D eigenvalue weighted by atomic mass is 10.1. The predicted octanol–water partition coefficient (Wildman–Crippen LogP) is 0.700. The number of para-hydroxylation sites is 1. The molecular formula is C14H14N4O3. The van der Waals surface area contributed by atoms with E-state index < -0.39 is 11.9 Å². The number of carboxylic acid groups (broad SMARTS) is 1. The van der Waals surface area contributed by atoms with Crippen LogP contribution in [0.3, 0.4) is 0 Å². The molecule has 21 heavy (non-hydrogen) atoms. The van der Waals surface area contributed by atoms with Crippen LogP contribution in [0.5, 0.6) is 0 Å². The van der Waals surface area contributed by atoms with Crippen molar-refractivity contribution in [1.82, 2.24) is 19.7 Å². The van der Waals surface area contributed by atoms with E-state index in [2.05, 4.69) is 10.1 Å². The highest BCUT2D eigenvalue weighted by molar-refractivity contribution is 5.85. The minimum absolute atomic E-state index is 0.0503. The Morgan fingerprint density at radius 3 is 2.76 bits per heavy atom. The zero-order chi connectivity index (χ0) is 14.8. The molecule has 3 rings (SSSR count). The third-order valence-corrected chi connectivity index (χ3v) is 3.46. The third-order valence-electron chi connectivity index (χ3n) is 3.46. The van der Waals surface area contributed by atoms with Crippen molar-refractivity contribution >= 4 is 11.9 Å². The molecule has 1 N–H and O–H groups in total. The molecule has 1 unspecified atom stereocenters. The lowest BCUT2D eigenvalue weighted by molar-refractivity contribution is -0.141. The van der Waals surface area contributed by atoms with Crippen molar-refractivity contribution in [3.8, 4) is 5.69 Å². The minimum Gasteiger partial charge on any atom is -0.481 e. The molecule has 1 saturated heterocycles. The Hall–Kier alpha value is -2.70. The molecule has 1 aromatic carbocycles. The van der Waals surface area contributed by atoms with Gasteiger partial charge in [-0.25, -0.2) is 9.67 Å². The number of likely N-dealkylation sites (tertiary alicyclic amines) is 1. The number of aliphatic carboxylic acids is 1. The number of carbonyl (C=O) groups is 2. The van der Waals surface area contributed by atoms with Crippen LogP contribution < -0.4 is 0 Å². The molecule has 1 amide bonds. The predicted molar refractivity (Wildman–Crippen MR) is 72.5 cm³/mol. The largest absolute Gasteiger partial charge is 0.481 e. The Bertz CT molecular complexity index is 668. The van der Waals surface area contributed by atoms with Crippen molar-refractivity contribution in [3.63, 3.8) is 0 Å². The van der Waals surface area contributed by atoms with Crippen LogP contribution in [0.4, 0.5) is 0 Å². The fourth-order valence-electron chi connectivity index (χ4n) is 2.34. The molecule has 0 aliphatic carbocycles. The number of hydrogen-bond acceptors (Lipinski definition) is 4. The second-order valence-electron chi connectivity index (χ2n) is 4.95. The fraction of sp³-hybridized carbons (Fsp3) is 0.286. The lowest BCUT2D eigenvalue weighted by Crippen LogP contribution is -2.26. The number of nitrogens with zero attached hydrogens (tertiary/aromatic N) is 4. The van der Waals surface area contributed by atoms with Crippen molar-refractivity contribution in [1.29, 1.82) is 0 Å². The number of rotatable bonds is 4. The van der Waals surface area contributed by atoms with E-state index in [1.807, 2.05) is 30.3 Å². The monoisotopic (exact) mass is 286 g/mol. The van der Waals surface area contributed by atoms with Gasteiger partial charge in [-0.05, 0) is 12.1 Å². The van der Waals surface area contributed by atoms with Gasteiger partial charge in [-0.1, -0.05) is 18.2 Å². The highest BCUT2D eigenvalue weighted by Crippen LogP contribution is 2.19. The molecule has 7 heteroatoms. The Morgan fingerprint density at radius 1 is 1.33 bits per heavy atom. The summed E-state index contributed by atoms with van der Waals surface area (Å²) in [5.74, 6) is -1.24. The lowest BCUT2D eigenvalue weighted by Gasteiger charge is -2.13. The van der Waals surface area contributed by atoms with Crippen molar-refractivity contribution < 1.29 is 14.7 Å². The summed E-state index contributed by atoms with van der Waals surface area (Å²) >= 11 is 0. The molecule has 1 fully saturated rings. The van der Waals surface area contributed by atoms with Gasteiger partial charge in [-0.2, -0.15) is 0 Å². The molecule has 7 nitrogen and oxygen atoms in total. The molecule has 0 saturated carbocycles. The normalized spacial score (nSPS) is 18.2. The van der Waals surface area contributed by atoms with E-state index in [0.29, 0.717) is 5.82 Å². The van der Waals surface area contributed by atoms with Gasteiger partial charge in [-0.15, -0.1) is 5.10 Å². The molecule has 1 atom stereocenters. The molecule has 2 aromatic rings. The number of carbonyl (C=O) groups excluding carboxylic acids is 1. The quantitative estimate of drug-likeness (QED) is 0.893. The molecular weight excluding hydrogens is 272 g/mol. The SMILES string of the molecule is O=C(O)C1CC(=O)N(Cc2ncn(-c3ccccc3)n2)C1. The molecule has 0 bridgehead atoms. The molecule has 108 valence electrons. The van der Waals surface area contributed by atoms with Crippen LogP contribution in [-0.4, -0.2) is 43.2 Å². The van der Waals surface area contributed by atoms with E-state index in [-0.39, 0.29) is 25.4 Å². The number of hydrogen-bond donors (Lipinski definition) is 1. The summed E-state index contributed by atoms with van der Waals surface area (Å²) in [6.45, 7) is 0.455. The first-order valence-corrected chi connectivity index (χ1v) is 6.60. The van der Waals surface area contributed by atoms with E-state index in [1.165, 1.54) is 4.90 Å². The van der Waals surface area contributed by atoms with Gasteiger partial charge in [0, 0.05) is 13.0 Å². The maximum atomic E-state index is 11.8. The van der Waals surface area contributed by atoms with Crippen LogP contribution in [-0.2, 0) is 16.1 Å². The van der Waals surface area contributed by atoms with E-state index in [0.717, 1.165) is 5.69 Å².